The Morgan fingerprint density at radius 2 is 1.77 bits per heavy atom. The Kier molecular flexibility index (Phi) is 8.72. The Balaban J connectivity index is 2.65. The molecule has 0 radical (unpaired) electrons. The van der Waals surface area contributed by atoms with Gasteiger partial charge in [0.1, 0.15) is 5.75 Å². The summed E-state index contributed by atoms with van der Waals surface area (Å²) < 4.78 is 51.5. The van der Waals surface area contributed by atoms with Gasteiger partial charge in [-0.15, -0.1) is 13.2 Å². The van der Waals surface area contributed by atoms with Crippen LogP contribution in [0.15, 0.2) is 18.2 Å². The lowest BCUT2D eigenvalue weighted by molar-refractivity contribution is -0.274. The molecule has 1 aromatic carbocycles. The van der Waals surface area contributed by atoms with Crippen LogP contribution >= 0.6 is 0 Å². The van der Waals surface area contributed by atoms with Gasteiger partial charge in [-0.05, 0) is 42.8 Å². The summed E-state index contributed by atoms with van der Waals surface area (Å²) in [6.45, 7) is 11.5. The summed E-state index contributed by atoms with van der Waals surface area (Å²) >= 11 is 0. The Morgan fingerprint density at radius 1 is 1.13 bits per heavy atom. The van der Waals surface area contributed by atoms with Gasteiger partial charge in [0, 0.05) is 13.2 Å². The standard InChI is InChI=1S/C19H29F3N2O5Si/c1-18(2,3)30(5,6)28-11-7-10-23-17(26)24-15-9-8-13(29-19(20,21)22)12-14(15)16(25)27-4/h8-9,12H,7,10-11H2,1-6H3,(H2,23,24,26). The summed E-state index contributed by atoms with van der Waals surface area (Å²) in [5.41, 5.74) is -0.276. The summed E-state index contributed by atoms with van der Waals surface area (Å²) in [6, 6.07) is 2.36. The number of nitrogens with one attached hydrogen (secondary N) is 2. The van der Waals surface area contributed by atoms with Gasteiger partial charge in [0.2, 0.25) is 0 Å². The molecule has 0 aliphatic heterocycles. The predicted octanol–water partition coefficient (Wildman–Crippen LogP) is 4.91. The molecule has 0 aromatic heterocycles. The number of halogens is 3. The van der Waals surface area contributed by atoms with Crippen molar-refractivity contribution in [3.05, 3.63) is 23.8 Å². The van der Waals surface area contributed by atoms with Crippen molar-refractivity contribution in [2.45, 2.75) is 51.7 Å². The fourth-order valence-corrected chi connectivity index (χ4v) is 3.18. The number of hydrogen-bond donors (Lipinski definition) is 2. The third-order valence-electron chi connectivity index (χ3n) is 4.75. The summed E-state index contributed by atoms with van der Waals surface area (Å²) in [5, 5.41) is 5.13. The fourth-order valence-electron chi connectivity index (χ4n) is 2.09. The first-order valence-electron chi connectivity index (χ1n) is 9.33. The minimum atomic E-state index is -4.91. The molecule has 1 rings (SSSR count). The molecule has 0 fully saturated rings. The second-order valence-corrected chi connectivity index (χ2v) is 12.9. The van der Waals surface area contributed by atoms with Crippen LogP contribution in [0.3, 0.4) is 0 Å². The molecular weight excluding hydrogens is 421 g/mol. The molecule has 2 N–H and O–H groups in total. The number of benzene rings is 1. The predicted molar refractivity (Wildman–Crippen MR) is 109 cm³/mol. The smallest absolute Gasteiger partial charge is 0.465 e. The van der Waals surface area contributed by atoms with Crippen LogP contribution in [0.4, 0.5) is 23.7 Å². The van der Waals surface area contributed by atoms with Gasteiger partial charge < -0.3 is 24.5 Å². The highest BCUT2D eigenvalue weighted by atomic mass is 28.4. The first kappa shape index (κ1) is 25.8. The Hall–Kier alpha value is -2.27. The maximum absolute atomic E-state index is 12.4. The van der Waals surface area contributed by atoms with Gasteiger partial charge in [-0.1, -0.05) is 20.8 Å². The molecule has 0 aliphatic rings. The van der Waals surface area contributed by atoms with Gasteiger partial charge in [0.15, 0.2) is 8.32 Å². The number of carbonyl (C=O) groups is 2. The molecule has 0 unspecified atom stereocenters. The lowest BCUT2D eigenvalue weighted by Crippen LogP contribution is -2.41. The zero-order chi connectivity index (χ0) is 23.2. The Morgan fingerprint density at radius 3 is 2.30 bits per heavy atom. The third kappa shape index (κ3) is 8.23. The average molecular weight is 451 g/mol. The van der Waals surface area contributed by atoms with Crippen molar-refractivity contribution in [1.82, 2.24) is 5.32 Å². The number of alkyl halides is 3. The van der Waals surface area contributed by atoms with E-state index >= 15 is 0 Å². The lowest BCUT2D eigenvalue weighted by Gasteiger charge is -2.36. The molecule has 0 saturated heterocycles. The highest BCUT2D eigenvalue weighted by molar-refractivity contribution is 6.74. The van der Waals surface area contributed by atoms with Crippen molar-refractivity contribution in [2.24, 2.45) is 0 Å². The molecule has 30 heavy (non-hydrogen) atoms. The van der Waals surface area contributed by atoms with Crippen LogP contribution in [0, 0.1) is 0 Å². The lowest BCUT2D eigenvalue weighted by atomic mass is 10.1. The topological polar surface area (TPSA) is 85.9 Å². The van der Waals surface area contributed by atoms with Crippen molar-refractivity contribution in [3.63, 3.8) is 0 Å². The van der Waals surface area contributed by atoms with Crippen LogP contribution in [-0.2, 0) is 9.16 Å². The van der Waals surface area contributed by atoms with E-state index in [9.17, 15) is 22.8 Å². The van der Waals surface area contributed by atoms with Crippen molar-refractivity contribution in [1.29, 1.82) is 0 Å². The molecular formula is C19H29F3N2O5Si. The number of ether oxygens (including phenoxy) is 2. The van der Waals surface area contributed by atoms with Gasteiger partial charge in [-0.3, -0.25) is 0 Å². The van der Waals surface area contributed by atoms with Crippen LogP contribution in [0.1, 0.15) is 37.6 Å². The molecule has 0 heterocycles. The second kappa shape index (κ2) is 10.2. The van der Waals surface area contributed by atoms with Crippen LogP contribution < -0.4 is 15.4 Å². The van der Waals surface area contributed by atoms with E-state index < -0.39 is 32.4 Å². The molecule has 0 atom stereocenters. The average Bonchev–Trinajstić information content (AvgIpc) is 2.59. The van der Waals surface area contributed by atoms with Crippen molar-refractivity contribution < 1.29 is 36.7 Å². The van der Waals surface area contributed by atoms with Crippen molar-refractivity contribution in [2.75, 3.05) is 25.6 Å². The zero-order valence-corrected chi connectivity index (χ0v) is 19.0. The van der Waals surface area contributed by atoms with Crippen LogP contribution in [-0.4, -0.2) is 46.9 Å². The zero-order valence-electron chi connectivity index (χ0n) is 18.0. The Bertz CT molecular complexity index is 749. The largest absolute Gasteiger partial charge is 0.573 e. The maximum atomic E-state index is 12.4. The van der Waals surface area contributed by atoms with E-state index in [1.165, 1.54) is 0 Å². The summed E-state index contributed by atoms with van der Waals surface area (Å²) in [5.74, 6) is -1.52. The Labute approximate surface area is 175 Å². The fraction of sp³-hybridized carbons (Fsp3) is 0.579. The molecule has 7 nitrogen and oxygen atoms in total. The van der Waals surface area contributed by atoms with Crippen LogP contribution in [0.5, 0.6) is 5.75 Å². The number of anilines is 1. The molecule has 0 bridgehead atoms. The second-order valence-electron chi connectivity index (χ2n) is 8.09. The van der Waals surface area contributed by atoms with Gasteiger partial charge in [0.25, 0.3) is 0 Å². The number of hydrogen-bond acceptors (Lipinski definition) is 5. The van der Waals surface area contributed by atoms with Gasteiger partial charge in [-0.25, -0.2) is 9.59 Å². The number of methoxy groups -OCH3 is 1. The van der Waals surface area contributed by atoms with Gasteiger partial charge in [-0.2, -0.15) is 0 Å². The first-order valence-corrected chi connectivity index (χ1v) is 12.2. The SMILES string of the molecule is COC(=O)c1cc(OC(F)(F)F)ccc1NC(=O)NCCCO[Si](C)(C)C(C)(C)C. The highest BCUT2D eigenvalue weighted by Gasteiger charge is 2.36. The maximum Gasteiger partial charge on any atom is 0.573 e. The minimum Gasteiger partial charge on any atom is -0.465 e. The number of rotatable bonds is 8. The van der Waals surface area contributed by atoms with E-state index in [0.29, 0.717) is 19.6 Å². The summed E-state index contributed by atoms with van der Waals surface area (Å²) in [7, 11) is -0.786. The molecule has 0 saturated carbocycles. The number of urea groups is 1. The molecule has 0 spiro atoms. The van der Waals surface area contributed by atoms with E-state index in [4.69, 9.17) is 4.43 Å². The number of amides is 2. The monoisotopic (exact) mass is 450 g/mol. The van der Waals surface area contributed by atoms with E-state index in [0.717, 1.165) is 25.3 Å². The molecule has 1 aromatic rings. The van der Waals surface area contributed by atoms with E-state index in [1.54, 1.807) is 0 Å². The summed E-state index contributed by atoms with van der Waals surface area (Å²) in [6.07, 6.45) is -4.33. The molecule has 170 valence electrons. The van der Waals surface area contributed by atoms with Crippen LogP contribution in [0.2, 0.25) is 18.1 Å². The van der Waals surface area contributed by atoms with Gasteiger partial charge >= 0.3 is 18.4 Å². The number of carbonyl (C=O) groups excluding carboxylic acids is 2. The minimum absolute atomic E-state index is 0.00796. The molecule has 2 amide bonds. The van der Waals surface area contributed by atoms with Crippen LogP contribution in [0.25, 0.3) is 0 Å². The number of esters is 1. The molecule has 0 aliphatic carbocycles. The first-order chi connectivity index (χ1) is 13.7. The summed E-state index contributed by atoms with van der Waals surface area (Å²) in [4.78, 5) is 24.0. The quantitative estimate of drug-likeness (QED) is 0.334. The van der Waals surface area contributed by atoms with Gasteiger partial charge in [0.05, 0.1) is 18.4 Å². The van der Waals surface area contributed by atoms with E-state index in [-0.39, 0.29) is 16.3 Å². The van der Waals surface area contributed by atoms with E-state index in [2.05, 4.69) is 54.0 Å². The molecule has 11 heteroatoms. The highest BCUT2D eigenvalue weighted by Crippen LogP contribution is 2.36. The normalized spacial score (nSPS) is 12.3. The van der Waals surface area contributed by atoms with E-state index in [1.807, 2.05) is 0 Å². The van der Waals surface area contributed by atoms with Crippen molar-refractivity contribution in [3.8, 4) is 5.75 Å². The third-order valence-corrected chi connectivity index (χ3v) is 9.29. The van der Waals surface area contributed by atoms with Crippen molar-refractivity contribution >= 4 is 26.0 Å².